The highest BCUT2D eigenvalue weighted by Crippen LogP contribution is 2.21. The largest absolute Gasteiger partial charge is 0.444 e. The van der Waals surface area contributed by atoms with E-state index in [-0.39, 0.29) is 18.9 Å². The molecule has 2 aliphatic heterocycles. The highest BCUT2D eigenvalue weighted by molar-refractivity contribution is 5.95. The van der Waals surface area contributed by atoms with Crippen LogP contribution in [0, 0.1) is 5.41 Å². The van der Waals surface area contributed by atoms with Gasteiger partial charge < -0.3 is 19.7 Å². The molecule has 2 fully saturated rings. The smallest absolute Gasteiger partial charge is 0.435 e. The van der Waals surface area contributed by atoms with Crippen LogP contribution in [0.25, 0.3) is 0 Å². The maximum Gasteiger partial charge on any atom is 0.435 e. The fraction of sp³-hybridized carbons (Fsp3) is 0.875. The molecule has 1 amide bonds. The Morgan fingerprint density at radius 2 is 1.82 bits per heavy atom. The Bertz CT molecular complexity index is 379. The Morgan fingerprint density at radius 1 is 1.23 bits per heavy atom. The number of carbonyl (C=O) groups is 1. The van der Waals surface area contributed by atoms with Crippen LogP contribution in [-0.2, 0) is 9.47 Å². The molecule has 1 N–H and O–H groups in total. The van der Waals surface area contributed by atoms with E-state index in [9.17, 15) is 4.79 Å². The Morgan fingerprint density at radius 3 is 2.36 bits per heavy atom. The number of rotatable bonds is 1. The van der Waals surface area contributed by atoms with Crippen molar-refractivity contribution in [1.29, 1.82) is 0 Å². The minimum Gasteiger partial charge on any atom is -0.444 e. The Kier molecular flexibility index (Phi) is 7.29. The zero-order chi connectivity index (χ0) is 15.3. The molecule has 22 heavy (non-hydrogen) atoms. The molecule has 2 heterocycles. The van der Waals surface area contributed by atoms with Gasteiger partial charge in [-0.1, -0.05) is 28.2 Å². The van der Waals surface area contributed by atoms with Gasteiger partial charge in [-0.2, -0.15) is 4.99 Å². The van der Waals surface area contributed by atoms with E-state index >= 15 is 0 Å². The summed E-state index contributed by atoms with van der Waals surface area (Å²) < 4.78 is 10.9. The van der Waals surface area contributed by atoms with Gasteiger partial charge in [0, 0.05) is 18.5 Å². The number of carbonyl (C=O) groups excluding carboxylic acids is 1. The summed E-state index contributed by atoms with van der Waals surface area (Å²) in [6, 6.07) is 0. The van der Waals surface area contributed by atoms with Crippen molar-refractivity contribution in [1.82, 2.24) is 10.2 Å². The second kappa shape index (κ2) is 8.48. The first-order chi connectivity index (χ1) is 9.97. The van der Waals surface area contributed by atoms with Gasteiger partial charge in [0.05, 0.1) is 13.2 Å². The molecule has 0 unspecified atom stereocenters. The lowest BCUT2D eigenvalue weighted by atomic mass is 9.93. The molecule has 6 heteroatoms. The van der Waals surface area contributed by atoms with E-state index in [0.29, 0.717) is 13.2 Å². The second-order valence-electron chi connectivity index (χ2n) is 6.62. The standard InChI is InChI=1S/C15H27N3O3.CH4/c1-15(2,3)13(18-8-10-20-11-9-18)17-14(19)21-12-4-6-16-7-5-12;/h12,16H,4-11H2,1-3H3;1H4. The quantitative estimate of drug-likeness (QED) is 0.594. The van der Waals surface area contributed by atoms with E-state index in [1.807, 2.05) is 0 Å². The molecule has 0 spiro atoms. The zero-order valence-electron chi connectivity index (χ0n) is 13.4. The number of hydrogen-bond donors (Lipinski definition) is 1. The molecular formula is C16H31N3O3. The Balaban J connectivity index is 0.00000242. The molecule has 2 rings (SSSR count). The highest BCUT2D eigenvalue weighted by Gasteiger charge is 2.28. The number of aliphatic imine (C=N–C) groups is 1. The van der Waals surface area contributed by atoms with E-state index in [4.69, 9.17) is 9.47 Å². The van der Waals surface area contributed by atoms with Gasteiger partial charge in [0.2, 0.25) is 0 Å². The summed E-state index contributed by atoms with van der Waals surface area (Å²) in [6.45, 7) is 10.9. The first-order valence-electron chi connectivity index (χ1n) is 7.80. The maximum atomic E-state index is 12.1. The summed E-state index contributed by atoms with van der Waals surface area (Å²) in [6.07, 6.45) is 1.26. The van der Waals surface area contributed by atoms with Crippen LogP contribution < -0.4 is 5.32 Å². The van der Waals surface area contributed by atoms with E-state index in [1.165, 1.54) is 0 Å². The van der Waals surface area contributed by atoms with Crippen LogP contribution >= 0.6 is 0 Å². The lowest BCUT2D eigenvalue weighted by Gasteiger charge is -2.35. The van der Waals surface area contributed by atoms with Crippen molar-refractivity contribution in [2.24, 2.45) is 10.4 Å². The van der Waals surface area contributed by atoms with Gasteiger partial charge in [0.25, 0.3) is 0 Å². The number of nitrogens with zero attached hydrogens (tertiary/aromatic N) is 2. The number of nitrogens with one attached hydrogen (secondary N) is 1. The van der Waals surface area contributed by atoms with Crippen LogP contribution in [0.4, 0.5) is 4.79 Å². The molecule has 0 aliphatic carbocycles. The molecule has 2 saturated heterocycles. The van der Waals surface area contributed by atoms with Crippen LogP contribution in [0.5, 0.6) is 0 Å². The van der Waals surface area contributed by atoms with Crippen molar-refractivity contribution in [2.75, 3.05) is 39.4 Å². The fourth-order valence-electron chi connectivity index (χ4n) is 2.66. The number of ether oxygens (including phenoxy) is 2. The molecule has 0 atom stereocenters. The van der Waals surface area contributed by atoms with Crippen LogP contribution in [-0.4, -0.2) is 62.3 Å². The molecule has 0 radical (unpaired) electrons. The van der Waals surface area contributed by atoms with Crippen molar-refractivity contribution < 1.29 is 14.3 Å². The van der Waals surface area contributed by atoms with Crippen molar-refractivity contribution in [3.05, 3.63) is 0 Å². The second-order valence-corrected chi connectivity index (χ2v) is 6.62. The first-order valence-corrected chi connectivity index (χ1v) is 7.80. The number of piperidine rings is 1. The van der Waals surface area contributed by atoms with Crippen LogP contribution in [0.1, 0.15) is 41.0 Å². The molecule has 6 nitrogen and oxygen atoms in total. The van der Waals surface area contributed by atoms with Gasteiger partial charge in [-0.05, 0) is 25.9 Å². The fourth-order valence-corrected chi connectivity index (χ4v) is 2.66. The van der Waals surface area contributed by atoms with Gasteiger partial charge in [0.1, 0.15) is 11.9 Å². The average molecular weight is 313 g/mol. The van der Waals surface area contributed by atoms with Crippen LogP contribution in [0.2, 0.25) is 0 Å². The minimum atomic E-state index is -0.460. The molecule has 128 valence electrons. The topological polar surface area (TPSA) is 63.2 Å². The van der Waals surface area contributed by atoms with Gasteiger partial charge in [-0.15, -0.1) is 0 Å². The summed E-state index contributed by atoms with van der Waals surface area (Å²) in [7, 11) is 0. The number of amidine groups is 1. The van der Waals surface area contributed by atoms with E-state index in [2.05, 4.69) is 36.0 Å². The molecular weight excluding hydrogens is 282 g/mol. The van der Waals surface area contributed by atoms with Gasteiger partial charge >= 0.3 is 6.09 Å². The summed E-state index contributed by atoms with van der Waals surface area (Å²) in [4.78, 5) is 18.5. The molecule has 0 aromatic carbocycles. The first kappa shape index (κ1) is 18.9. The van der Waals surface area contributed by atoms with Crippen molar-refractivity contribution in [3.8, 4) is 0 Å². The maximum absolute atomic E-state index is 12.1. The van der Waals surface area contributed by atoms with E-state index in [0.717, 1.165) is 44.9 Å². The normalized spacial score (nSPS) is 21.2. The predicted molar refractivity (Wildman–Crippen MR) is 88.4 cm³/mol. The number of amides is 1. The average Bonchev–Trinajstić information content (AvgIpc) is 2.45. The predicted octanol–water partition coefficient (Wildman–Crippen LogP) is 2.29. The number of hydrogen-bond acceptors (Lipinski definition) is 4. The van der Waals surface area contributed by atoms with Crippen LogP contribution in [0.15, 0.2) is 4.99 Å². The lowest BCUT2D eigenvalue weighted by Crippen LogP contribution is -2.46. The van der Waals surface area contributed by atoms with E-state index in [1.54, 1.807) is 0 Å². The molecule has 0 saturated carbocycles. The Hall–Kier alpha value is -1.14. The third-order valence-electron chi connectivity index (χ3n) is 3.73. The monoisotopic (exact) mass is 313 g/mol. The SMILES string of the molecule is C.CC(C)(C)C(=NC(=O)OC1CCNCC1)N1CCOCC1. The van der Waals surface area contributed by atoms with Gasteiger partial charge in [-0.25, -0.2) is 4.79 Å². The van der Waals surface area contributed by atoms with Crippen molar-refractivity contribution in [3.63, 3.8) is 0 Å². The lowest BCUT2D eigenvalue weighted by molar-refractivity contribution is 0.0632. The summed E-state index contributed by atoms with van der Waals surface area (Å²) in [5.74, 6) is 0.796. The summed E-state index contributed by atoms with van der Waals surface area (Å²) in [5.41, 5.74) is -0.190. The number of morpholine rings is 1. The van der Waals surface area contributed by atoms with Crippen molar-refractivity contribution in [2.45, 2.75) is 47.1 Å². The highest BCUT2D eigenvalue weighted by atomic mass is 16.6. The molecule has 0 bridgehead atoms. The molecule has 0 aromatic rings. The van der Waals surface area contributed by atoms with Gasteiger partial charge in [0.15, 0.2) is 0 Å². The van der Waals surface area contributed by atoms with Crippen molar-refractivity contribution >= 4 is 11.9 Å². The third-order valence-corrected chi connectivity index (χ3v) is 3.73. The molecule has 0 aromatic heterocycles. The summed E-state index contributed by atoms with van der Waals surface area (Å²) >= 11 is 0. The Labute approximate surface area is 134 Å². The minimum absolute atomic E-state index is 0. The summed E-state index contributed by atoms with van der Waals surface area (Å²) in [5, 5.41) is 3.26. The molecule has 2 aliphatic rings. The van der Waals surface area contributed by atoms with Gasteiger partial charge in [-0.3, -0.25) is 0 Å². The third kappa shape index (κ3) is 5.57. The van der Waals surface area contributed by atoms with Crippen LogP contribution in [0.3, 0.4) is 0 Å². The van der Waals surface area contributed by atoms with E-state index < -0.39 is 6.09 Å². The zero-order valence-corrected chi connectivity index (χ0v) is 13.4.